The number of carbonyl (C=O) groups excluding carboxylic acids is 3. The van der Waals surface area contributed by atoms with Crippen molar-refractivity contribution in [1.29, 1.82) is 0 Å². The molecule has 0 amide bonds. The van der Waals surface area contributed by atoms with Crippen molar-refractivity contribution in [2.24, 2.45) is 0 Å². The second-order valence-electron chi connectivity index (χ2n) is 10.7. The molecule has 3 aromatic carbocycles. The molecule has 0 radical (unpaired) electrons. The zero-order valence-corrected chi connectivity index (χ0v) is 26.0. The molecule has 0 aliphatic heterocycles. The Labute approximate surface area is 265 Å². The largest absolute Gasteiger partial charge is 0.494 e. The van der Waals surface area contributed by atoms with Gasteiger partial charge in [0.15, 0.2) is 0 Å². The molecule has 0 unspecified atom stereocenters. The summed E-state index contributed by atoms with van der Waals surface area (Å²) in [5.74, 6) is 0.346. The fraction of sp³-hybridized carbons (Fsp3) is 0.361. The highest BCUT2D eigenvalue weighted by atomic mass is 16.5. The third-order valence-electron chi connectivity index (χ3n) is 6.80. The van der Waals surface area contributed by atoms with Crippen molar-refractivity contribution in [3.05, 3.63) is 83.9 Å². The van der Waals surface area contributed by atoms with E-state index in [4.69, 9.17) is 30.4 Å². The normalized spacial score (nSPS) is 10.9. The van der Waals surface area contributed by atoms with Crippen molar-refractivity contribution >= 4 is 35.4 Å². The minimum atomic E-state index is -0.513. The molecule has 0 bridgehead atoms. The van der Waals surface area contributed by atoms with Gasteiger partial charge in [-0.1, -0.05) is 57.6 Å². The summed E-state index contributed by atoms with van der Waals surface area (Å²) in [6.45, 7) is 3.08. The van der Waals surface area contributed by atoms with Gasteiger partial charge in [-0.05, 0) is 85.5 Å². The van der Waals surface area contributed by atoms with E-state index in [2.05, 4.69) is 6.92 Å². The smallest absolute Gasteiger partial charge is 0.338 e. The van der Waals surface area contributed by atoms with E-state index in [1.165, 1.54) is 6.08 Å². The number of nitrogens with two attached hydrogens (primary N) is 2. The third-order valence-corrected chi connectivity index (χ3v) is 6.80. The van der Waals surface area contributed by atoms with Crippen molar-refractivity contribution in [2.75, 3.05) is 24.7 Å². The molecule has 0 heterocycles. The first-order chi connectivity index (χ1) is 21.8. The van der Waals surface area contributed by atoms with Crippen molar-refractivity contribution in [3.8, 4) is 17.2 Å². The van der Waals surface area contributed by atoms with E-state index in [0.29, 0.717) is 48.1 Å². The summed E-state index contributed by atoms with van der Waals surface area (Å²) in [5, 5.41) is 0. The fourth-order valence-electron chi connectivity index (χ4n) is 4.41. The molecular formula is C36H44N2O7. The van der Waals surface area contributed by atoms with E-state index in [1.54, 1.807) is 48.5 Å². The van der Waals surface area contributed by atoms with Gasteiger partial charge in [0, 0.05) is 23.9 Å². The average molecular weight is 617 g/mol. The van der Waals surface area contributed by atoms with Crippen molar-refractivity contribution in [3.63, 3.8) is 0 Å². The maximum atomic E-state index is 12.2. The lowest BCUT2D eigenvalue weighted by molar-refractivity contribution is -0.134. The highest BCUT2D eigenvalue weighted by molar-refractivity contribution is 5.91. The van der Waals surface area contributed by atoms with Gasteiger partial charge in [0.2, 0.25) is 0 Å². The van der Waals surface area contributed by atoms with Crippen molar-refractivity contribution in [2.45, 2.75) is 71.1 Å². The van der Waals surface area contributed by atoms with E-state index in [0.717, 1.165) is 69.1 Å². The van der Waals surface area contributed by atoms with Crippen LogP contribution in [0.4, 0.5) is 11.4 Å². The number of hydrogen-bond donors (Lipinski definition) is 2. The summed E-state index contributed by atoms with van der Waals surface area (Å²) in [4.78, 5) is 36.2. The number of anilines is 2. The van der Waals surface area contributed by atoms with Gasteiger partial charge in [-0.3, -0.25) is 4.79 Å². The van der Waals surface area contributed by atoms with E-state index >= 15 is 0 Å². The molecule has 0 aromatic heterocycles. The first-order valence-electron chi connectivity index (χ1n) is 15.6. The topological polar surface area (TPSA) is 140 Å². The molecule has 0 spiro atoms. The first-order valence-corrected chi connectivity index (χ1v) is 15.6. The molecule has 3 aromatic rings. The highest BCUT2D eigenvalue weighted by Gasteiger charge is 2.09. The van der Waals surface area contributed by atoms with Crippen LogP contribution >= 0.6 is 0 Å². The third kappa shape index (κ3) is 14.0. The van der Waals surface area contributed by atoms with Crippen LogP contribution in [0.5, 0.6) is 17.2 Å². The number of esters is 3. The van der Waals surface area contributed by atoms with Crippen LogP contribution in [0.15, 0.2) is 72.8 Å². The monoisotopic (exact) mass is 616 g/mol. The summed E-state index contributed by atoms with van der Waals surface area (Å²) in [5.41, 5.74) is 13.5. The standard InChI is InChI=1S/C36H44N2O7/c1-2-3-4-8-11-34(39)44-32-17-19-33(20-18-32)45-35(40)21-14-27-12-15-31(16-13-27)42-22-9-6-5-7-10-23-43-36(41)28-24-29(37)26-30(38)25-28/h12-21,24-26H,2-11,22-23,37-38H2,1H3. The molecular weight excluding hydrogens is 572 g/mol. The Balaban J connectivity index is 1.25. The minimum Gasteiger partial charge on any atom is -0.494 e. The zero-order valence-electron chi connectivity index (χ0n) is 26.0. The van der Waals surface area contributed by atoms with Gasteiger partial charge in [-0.2, -0.15) is 0 Å². The molecule has 0 saturated carbocycles. The lowest BCUT2D eigenvalue weighted by Gasteiger charge is -2.08. The van der Waals surface area contributed by atoms with Crippen molar-refractivity contribution < 1.29 is 33.3 Å². The van der Waals surface area contributed by atoms with Gasteiger partial charge in [0.25, 0.3) is 0 Å². The number of ether oxygens (including phenoxy) is 4. The van der Waals surface area contributed by atoms with Crippen LogP contribution in [0.2, 0.25) is 0 Å². The van der Waals surface area contributed by atoms with Crippen LogP contribution < -0.4 is 25.7 Å². The van der Waals surface area contributed by atoms with E-state index in [9.17, 15) is 14.4 Å². The fourth-order valence-corrected chi connectivity index (χ4v) is 4.41. The second-order valence-corrected chi connectivity index (χ2v) is 10.7. The molecule has 0 atom stereocenters. The van der Waals surface area contributed by atoms with Gasteiger partial charge in [-0.15, -0.1) is 0 Å². The van der Waals surface area contributed by atoms with Gasteiger partial charge in [-0.25, -0.2) is 9.59 Å². The van der Waals surface area contributed by atoms with Gasteiger partial charge < -0.3 is 30.4 Å². The molecule has 240 valence electrons. The molecule has 9 heteroatoms. The predicted molar refractivity (Wildman–Crippen MR) is 176 cm³/mol. The SMILES string of the molecule is CCCCCCC(=O)Oc1ccc(OC(=O)C=Cc2ccc(OCCCCCCCOC(=O)c3cc(N)cc(N)c3)cc2)cc1. The number of nitrogen functional groups attached to an aromatic ring is 2. The Morgan fingerprint density at radius 3 is 1.91 bits per heavy atom. The number of unbranched alkanes of at least 4 members (excludes halogenated alkanes) is 7. The number of hydrogen-bond acceptors (Lipinski definition) is 9. The Hall–Kier alpha value is -4.79. The highest BCUT2D eigenvalue weighted by Crippen LogP contribution is 2.20. The van der Waals surface area contributed by atoms with Crippen molar-refractivity contribution in [1.82, 2.24) is 0 Å². The zero-order chi connectivity index (χ0) is 32.3. The minimum absolute atomic E-state index is 0.262. The van der Waals surface area contributed by atoms with E-state index in [-0.39, 0.29) is 5.97 Å². The second kappa shape index (κ2) is 19.5. The number of carbonyl (C=O) groups is 3. The summed E-state index contributed by atoms with van der Waals surface area (Å²) >= 11 is 0. The molecule has 0 aliphatic carbocycles. The lowest BCUT2D eigenvalue weighted by Crippen LogP contribution is -2.08. The summed E-state index contributed by atoms with van der Waals surface area (Å²) in [6, 6.07) is 18.6. The van der Waals surface area contributed by atoms with Crippen LogP contribution in [-0.2, 0) is 14.3 Å². The summed E-state index contributed by atoms with van der Waals surface area (Å²) in [7, 11) is 0. The summed E-state index contributed by atoms with van der Waals surface area (Å²) < 4.78 is 21.8. The van der Waals surface area contributed by atoms with Crippen LogP contribution in [0.1, 0.15) is 87.1 Å². The van der Waals surface area contributed by atoms with Gasteiger partial charge >= 0.3 is 17.9 Å². The van der Waals surface area contributed by atoms with E-state index < -0.39 is 11.9 Å². The van der Waals surface area contributed by atoms with Gasteiger partial charge in [0.05, 0.1) is 18.8 Å². The Bertz CT molecular complexity index is 1370. The average Bonchev–Trinajstić information content (AvgIpc) is 3.02. The van der Waals surface area contributed by atoms with Crippen LogP contribution in [0, 0.1) is 0 Å². The number of rotatable bonds is 19. The maximum Gasteiger partial charge on any atom is 0.338 e. The molecule has 4 N–H and O–H groups in total. The Morgan fingerprint density at radius 2 is 1.24 bits per heavy atom. The molecule has 0 aliphatic rings. The Kier molecular flexibility index (Phi) is 15.0. The molecule has 0 fully saturated rings. The molecule has 3 rings (SSSR count). The lowest BCUT2D eigenvalue weighted by atomic mass is 10.1. The molecule has 9 nitrogen and oxygen atoms in total. The Morgan fingerprint density at radius 1 is 0.667 bits per heavy atom. The first kappa shape index (κ1) is 34.7. The maximum absolute atomic E-state index is 12.2. The number of benzene rings is 3. The molecule has 0 saturated heterocycles. The summed E-state index contributed by atoms with van der Waals surface area (Å²) in [6.07, 6.45) is 12.2. The van der Waals surface area contributed by atoms with E-state index in [1.807, 2.05) is 24.3 Å². The van der Waals surface area contributed by atoms with Gasteiger partial charge in [0.1, 0.15) is 17.2 Å². The predicted octanol–water partition coefficient (Wildman–Crippen LogP) is 7.53. The molecule has 45 heavy (non-hydrogen) atoms. The quantitative estimate of drug-likeness (QED) is 0.0460. The van der Waals surface area contributed by atoms with Crippen LogP contribution in [0.3, 0.4) is 0 Å². The van der Waals surface area contributed by atoms with Crippen LogP contribution in [0.25, 0.3) is 6.08 Å². The van der Waals surface area contributed by atoms with Crippen LogP contribution in [-0.4, -0.2) is 31.1 Å².